The number of aromatic nitrogens is 2. The van der Waals surface area contributed by atoms with Crippen LogP contribution >= 0.6 is 0 Å². The van der Waals surface area contributed by atoms with Crippen molar-refractivity contribution in [2.24, 2.45) is 7.05 Å². The number of hydrogen-bond donors (Lipinski definition) is 0. The van der Waals surface area contributed by atoms with E-state index in [0.717, 1.165) is 10.8 Å². The Morgan fingerprint density at radius 2 is 2.23 bits per heavy atom. The minimum atomic E-state index is -4.03. The van der Waals surface area contributed by atoms with Gasteiger partial charge in [-0.1, -0.05) is 0 Å². The van der Waals surface area contributed by atoms with Gasteiger partial charge in [0, 0.05) is 19.4 Å². The van der Waals surface area contributed by atoms with Gasteiger partial charge in [0.05, 0.1) is 0 Å². The molecule has 1 aromatic heterocycles. The number of carboxylic acid groups (broad SMARTS) is 1. The number of aliphatic carboxylic acids is 1. The van der Waals surface area contributed by atoms with E-state index >= 15 is 0 Å². The topological polar surface area (TPSA) is 58.0 Å². The molecule has 1 heterocycles. The molecule has 0 spiro atoms. The second-order valence-electron chi connectivity index (χ2n) is 2.22. The number of aryl methyl sites for hydroxylation is 1. The molecule has 7 heteroatoms. The molecule has 0 unspecified atom stereocenters. The van der Waals surface area contributed by atoms with Crippen molar-refractivity contribution in [3.05, 3.63) is 18.2 Å². The zero-order chi connectivity index (χ0) is 9.35. The van der Waals surface area contributed by atoms with Crippen molar-refractivity contribution in [1.82, 2.24) is 9.55 Å². The summed E-state index contributed by atoms with van der Waals surface area (Å²) in [4.78, 5) is 13.2. The first-order chi connectivity index (χ1) is 5.46. The van der Waals surface area contributed by atoms with E-state index in [1.165, 1.54) is 13.2 Å². The van der Waals surface area contributed by atoms with Gasteiger partial charge in [0.25, 0.3) is 0 Å². The van der Waals surface area contributed by atoms with Crippen molar-refractivity contribution in [2.75, 3.05) is 0 Å². The second kappa shape index (κ2) is 3.90. The Balaban J connectivity index is 0.00000144. The summed E-state index contributed by atoms with van der Waals surface area (Å²) in [5.41, 5.74) is 0. The summed E-state index contributed by atoms with van der Waals surface area (Å²) in [5, 5.41) is 9.96. The molecule has 4 nitrogen and oxygen atoms in total. The van der Waals surface area contributed by atoms with E-state index in [9.17, 15) is 18.7 Å². The van der Waals surface area contributed by atoms with E-state index in [1.54, 1.807) is 0 Å². The molecule has 0 saturated heterocycles. The Labute approximate surface area is 84.7 Å². The van der Waals surface area contributed by atoms with E-state index in [1.807, 2.05) is 0 Å². The summed E-state index contributed by atoms with van der Waals surface area (Å²) < 4.78 is 26.2. The van der Waals surface area contributed by atoms with Gasteiger partial charge in [-0.15, -0.1) is 0 Å². The predicted molar refractivity (Wildman–Crippen MR) is 32.1 cm³/mol. The van der Waals surface area contributed by atoms with Crippen LogP contribution in [0.4, 0.5) is 8.78 Å². The van der Waals surface area contributed by atoms with Crippen LogP contribution in [-0.4, -0.2) is 15.5 Å². The molecule has 0 saturated carbocycles. The summed E-state index contributed by atoms with van der Waals surface area (Å²) in [6.07, 6.45) is 2.32. The van der Waals surface area contributed by atoms with E-state index in [2.05, 4.69) is 4.98 Å². The predicted octanol–water partition coefficient (Wildman–Crippen LogP) is -3.73. The third-order valence-electron chi connectivity index (χ3n) is 1.36. The molecule has 0 amide bonds. The molecule has 0 aromatic carbocycles. The van der Waals surface area contributed by atoms with Gasteiger partial charge in [0.2, 0.25) is 0 Å². The molecule has 0 atom stereocenters. The number of hydrogen-bond acceptors (Lipinski definition) is 3. The summed E-state index contributed by atoms with van der Waals surface area (Å²) in [7, 11) is 1.28. The van der Waals surface area contributed by atoms with E-state index in [4.69, 9.17) is 0 Å². The summed E-state index contributed by atoms with van der Waals surface area (Å²) in [6.45, 7) is 0. The fourth-order valence-corrected chi connectivity index (χ4v) is 0.759. The van der Waals surface area contributed by atoms with Crippen LogP contribution < -0.4 is 24.0 Å². The van der Waals surface area contributed by atoms with Gasteiger partial charge in [-0.2, -0.15) is 8.78 Å². The van der Waals surface area contributed by atoms with Crippen LogP contribution in [0.2, 0.25) is 0 Å². The number of carboxylic acids is 1. The van der Waals surface area contributed by atoms with Crippen LogP contribution in [0, 0.1) is 0 Å². The normalized spacial score (nSPS) is 10.7. The first-order valence-corrected chi connectivity index (χ1v) is 3.03. The van der Waals surface area contributed by atoms with E-state index in [0.29, 0.717) is 0 Å². The molecule has 1 aromatic rings. The number of carbonyl (C=O) groups is 1. The number of nitrogens with zero attached hydrogens (tertiary/aromatic N) is 2. The number of alkyl halides is 2. The first kappa shape index (κ1) is 12.1. The van der Waals surface area contributed by atoms with Gasteiger partial charge >= 0.3 is 24.8 Å². The molecule has 0 radical (unpaired) electrons. The number of imidazole rings is 1. The van der Waals surface area contributed by atoms with Gasteiger partial charge in [0.1, 0.15) is 5.97 Å². The van der Waals surface area contributed by atoms with Crippen LogP contribution in [0.25, 0.3) is 0 Å². The molecule has 0 bridgehead atoms. The molecular formula is C6H5F2LiN2O2. The minimum absolute atomic E-state index is 0. The van der Waals surface area contributed by atoms with Crippen molar-refractivity contribution in [3.8, 4) is 0 Å². The molecular weight excluding hydrogens is 177 g/mol. The minimum Gasteiger partial charge on any atom is -0.544 e. The fraction of sp³-hybridized carbons (Fsp3) is 0.333. The molecule has 0 aliphatic heterocycles. The van der Waals surface area contributed by atoms with Crippen molar-refractivity contribution < 1.29 is 37.5 Å². The fourth-order valence-electron chi connectivity index (χ4n) is 0.759. The van der Waals surface area contributed by atoms with Crippen molar-refractivity contribution in [3.63, 3.8) is 0 Å². The van der Waals surface area contributed by atoms with Gasteiger partial charge in [-0.25, -0.2) is 4.98 Å². The molecule has 66 valence electrons. The molecule has 0 aliphatic rings. The van der Waals surface area contributed by atoms with Crippen molar-refractivity contribution in [1.29, 1.82) is 0 Å². The van der Waals surface area contributed by atoms with E-state index < -0.39 is 17.7 Å². The number of carbonyl (C=O) groups excluding carboxylic acids is 1. The Hall–Kier alpha value is -0.863. The Morgan fingerprint density at radius 3 is 2.54 bits per heavy atom. The van der Waals surface area contributed by atoms with Crippen LogP contribution in [0.1, 0.15) is 5.82 Å². The second-order valence-corrected chi connectivity index (χ2v) is 2.22. The zero-order valence-electron chi connectivity index (χ0n) is 7.12. The van der Waals surface area contributed by atoms with Crippen LogP contribution in [0.15, 0.2) is 12.4 Å². The molecule has 13 heavy (non-hydrogen) atoms. The SMILES string of the molecule is Cn1ccnc1C(F)(F)C(=O)[O-].[Li+]. The standard InChI is InChI=1S/C6H6F2N2O2.Li/c1-10-3-2-9-4(10)6(7,8)5(11)12;/h2-3H,1H3,(H,11,12);/q;+1/p-1. The maximum atomic E-state index is 12.6. The van der Waals surface area contributed by atoms with Crippen LogP contribution in [0.3, 0.4) is 0 Å². The van der Waals surface area contributed by atoms with Gasteiger partial charge in [-0.3, -0.25) is 0 Å². The summed E-state index contributed by atoms with van der Waals surface area (Å²) >= 11 is 0. The first-order valence-electron chi connectivity index (χ1n) is 3.03. The Kier molecular flexibility index (Phi) is 3.64. The maximum absolute atomic E-state index is 12.6. The average Bonchev–Trinajstić information content (AvgIpc) is 2.35. The molecule has 0 aliphatic carbocycles. The molecule has 0 N–H and O–H groups in total. The third kappa shape index (κ3) is 2.08. The van der Waals surface area contributed by atoms with Gasteiger partial charge < -0.3 is 14.5 Å². The van der Waals surface area contributed by atoms with Gasteiger partial charge in [-0.05, 0) is 0 Å². The van der Waals surface area contributed by atoms with Gasteiger partial charge in [0.15, 0.2) is 5.82 Å². The van der Waals surface area contributed by atoms with Crippen LogP contribution in [0.5, 0.6) is 0 Å². The quantitative estimate of drug-likeness (QED) is 0.442. The average molecular weight is 182 g/mol. The summed E-state index contributed by atoms with van der Waals surface area (Å²) in [5.74, 6) is -7.31. The summed E-state index contributed by atoms with van der Waals surface area (Å²) in [6, 6.07) is 0. The van der Waals surface area contributed by atoms with Crippen molar-refractivity contribution >= 4 is 5.97 Å². The maximum Gasteiger partial charge on any atom is 1.00 e. The Morgan fingerprint density at radius 1 is 1.69 bits per heavy atom. The largest absolute Gasteiger partial charge is 1.00 e. The zero-order valence-corrected chi connectivity index (χ0v) is 7.12. The smallest absolute Gasteiger partial charge is 0.544 e. The van der Waals surface area contributed by atoms with Crippen molar-refractivity contribution in [2.45, 2.75) is 5.92 Å². The molecule has 0 fully saturated rings. The van der Waals surface area contributed by atoms with Crippen LogP contribution in [-0.2, 0) is 17.8 Å². The third-order valence-corrected chi connectivity index (χ3v) is 1.36. The monoisotopic (exact) mass is 182 g/mol. The Bertz CT molecular complexity index is 313. The molecule has 1 rings (SSSR count). The number of halogens is 2. The number of rotatable bonds is 2. The van der Waals surface area contributed by atoms with E-state index in [-0.39, 0.29) is 18.9 Å².